The number of aryl methyl sites for hydroxylation is 1. The van der Waals surface area contributed by atoms with Gasteiger partial charge in [0.15, 0.2) is 0 Å². The minimum absolute atomic E-state index is 0.0117. The Bertz CT molecular complexity index is 968. The van der Waals surface area contributed by atoms with Gasteiger partial charge < -0.3 is 5.32 Å². The van der Waals surface area contributed by atoms with E-state index in [1.165, 1.54) is 12.1 Å². The summed E-state index contributed by atoms with van der Waals surface area (Å²) in [4.78, 5) is 24.5. The van der Waals surface area contributed by atoms with Crippen LogP contribution in [0.1, 0.15) is 47.3 Å². The Morgan fingerprint density at radius 1 is 1.11 bits per heavy atom. The van der Waals surface area contributed by atoms with Crippen LogP contribution in [0.5, 0.6) is 0 Å². The van der Waals surface area contributed by atoms with E-state index >= 15 is 0 Å². The van der Waals surface area contributed by atoms with Gasteiger partial charge in [0.05, 0.1) is 11.6 Å². The van der Waals surface area contributed by atoms with Gasteiger partial charge in [0.2, 0.25) is 5.91 Å². The molecule has 0 saturated heterocycles. The fourth-order valence-corrected chi connectivity index (χ4v) is 4.69. The average Bonchev–Trinajstić information content (AvgIpc) is 2.83. The number of nitrogens with one attached hydrogen (secondary N) is 1. The molecule has 1 aliphatic heterocycles. The van der Waals surface area contributed by atoms with E-state index in [4.69, 9.17) is 0 Å². The lowest BCUT2D eigenvalue weighted by atomic mass is 10.1. The number of hydrogen-bond donors (Lipinski definition) is 1. The van der Waals surface area contributed by atoms with Crippen molar-refractivity contribution < 1.29 is 18.0 Å². The number of carbonyl (C=O) groups is 2. The van der Waals surface area contributed by atoms with Crippen molar-refractivity contribution in [2.24, 2.45) is 0 Å². The van der Waals surface area contributed by atoms with Crippen molar-refractivity contribution in [3.63, 3.8) is 0 Å². The Labute approximate surface area is 159 Å². The largest absolute Gasteiger partial charge is 0.350 e. The fourth-order valence-electron chi connectivity index (χ4n) is 3.09. The Morgan fingerprint density at radius 2 is 1.78 bits per heavy atom. The van der Waals surface area contributed by atoms with Gasteiger partial charge in [-0.2, -0.15) is 0 Å². The number of benzene rings is 2. The minimum atomic E-state index is -3.81. The molecule has 142 valence electrons. The number of carbonyl (C=O) groups excluding carboxylic acids is 2. The maximum absolute atomic E-state index is 12.5. The molecule has 2 amide bonds. The van der Waals surface area contributed by atoms with Crippen LogP contribution < -0.4 is 5.32 Å². The highest BCUT2D eigenvalue weighted by Crippen LogP contribution is 2.30. The molecule has 1 aliphatic rings. The summed E-state index contributed by atoms with van der Waals surface area (Å²) in [5.74, 6) is -0.705. The third-order valence-electron chi connectivity index (χ3n) is 4.63. The Hall–Kier alpha value is -2.67. The first-order valence-electron chi connectivity index (χ1n) is 8.83. The molecule has 1 heterocycles. The zero-order chi connectivity index (χ0) is 19.6. The van der Waals surface area contributed by atoms with Crippen molar-refractivity contribution in [3.05, 3.63) is 65.2 Å². The predicted octanol–water partition coefficient (Wildman–Crippen LogP) is 2.80. The molecule has 6 nitrogen and oxygen atoms in total. The molecule has 0 fully saturated rings. The van der Waals surface area contributed by atoms with E-state index in [1.54, 1.807) is 12.1 Å². The first kappa shape index (κ1) is 19.1. The molecule has 0 radical (unpaired) electrons. The Balaban J connectivity index is 1.55. The van der Waals surface area contributed by atoms with Gasteiger partial charge in [-0.05, 0) is 38.0 Å². The van der Waals surface area contributed by atoms with E-state index < -0.39 is 15.9 Å². The second-order valence-electron chi connectivity index (χ2n) is 6.68. The molecule has 0 aliphatic carbocycles. The smallest absolute Gasteiger partial charge is 0.269 e. The van der Waals surface area contributed by atoms with Gasteiger partial charge in [-0.15, -0.1) is 0 Å². The van der Waals surface area contributed by atoms with Crippen molar-refractivity contribution in [2.45, 2.75) is 37.6 Å². The number of hydrogen-bond acceptors (Lipinski definition) is 4. The number of nitrogens with zero attached hydrogens (tertiary/aromatic N) is 1. The second kappa shape index (κ2) is 7.52. The summed E-state index contributed by atoms with van der Waals surface area (Å²) in [6.07, 6.45) is 0.414. The third kappa shape index (κ3) is 3.88. The Morgan fingerprint density at radius 3 is 2.44 bits per heavy atom. The molecular weight excluding hydrogens is 364 g/mol. The summed E-state index contributed by atoms with van der Waals surface area (Å²) in [6.45, 7) is 3.88. The van der Waals surface area contributed by atoms with Crippen molar-refractivity contribution in [1.29, 1.82) is 0 Å². The van der Waals surface area contributed by atoms with Crippen molar-refractivity contribution >= 4 is 21.8 Å². The van der Waals surface area contributed by atoms with Crippen LogP contribution in [0.25, 0.3) is 0 Å². The summed E-state index contributed by atoms with van der Waals surface area (Å²) >= 11 is 0. The average molecular weight is 386 g/mol. The highest BCUT2D eigenvalue weighted by molar-refractivity contribution is 7.90. The van der Waals surface area contributed by atoms with Gasteiger partial charge in [-0.25, -0.2) is 12.7 Å². The number of amides is 2. The molecule has 0 aromatic heterocycles. The summed E-state index contributed by atoms with van der Waals surface area (Å²) in [5, 5.41) is 2.90. The van der Waals surface area contributed by atoms with Gasteiger partial charge in [0.1, 0.15) is 4.90 Å². The number of sulfonamides is 1. The molecule has 1 N–H and O–H groups in total. The lowest BCUT2D eigenvalue weighted by Crippen LogP contribution is -2.32. The van der Waals surface area contributed by atoms with Crippen molar-refractivity contribution in [1.82, 2.24) is 9.62 Å². The maximum atomic E-state index is 12.5. The van der Waals surface area contributed by atoms with E-state index in [0.29, 0.717) is 0 Å². The van der Waals surface area contributed by atoms with Gasteiger partial charge in [0, 0.05) is 13.0 Å². The molecule has 0 bridgehead atoms. The predicted molar refractivity (Wildman–Crippen MR) is 102 cm³/mol. The van der Waals surface area contributed by atoms with Crippen molar-refractivity contribution in [2.75, 3.05) is 6.54 Å². The molecular formula is C20H22N2O4S. The highest BCUT2D eigenvalue weighted by Gasteiger charge is 2.40. The molecule has 0 saturated carbocycles. The topological polar surface area (TPSA) is 83.6 Å². The van der Waals surface area contributed by atoms with Crippen LogP contribution in [0.15, 0.2) is 53.4 Å². The van der Waals surface area contributed by atoms with Gasteiger partial charge >= 0.3 is 0 Å². The maximum Gasteiger partial charge on any atom is 0.269 e. The van der Waals surface area contributed by atoms with Crippen LogP contribution in [0.2, 0.25) is 0 Å². The monoisotopic (exact) mass is 386 g/mol. The van der Waals surface area contributed by atoms with Crippen LogP contribution in [0.4, 0.5) is 0 Å². The summed E-state index contributed by atoms with van der Waals surface area (Å²) < 4.78 is 25.8. The highest BCUT2D eigenvalue weighted by atomic mass is 32.2. The van der Waals surface area contributed by atoms with E-state index in [9.17, 15) is 18.0 Å². The quantitative estimate of drug-likeness (QED) is 0.827. The van der Waals surface area contributed by atoms with Gasteiger partial charge in [-0.3, -0.25) is 9.59 Å². The zero-order valence-electron chi connectivity index (χ0n) is 15.3. The standard InChI is InChI=1S/C20H22N2O4S/c1-14-9-11-16(12-10-14)15(2)21-19(23)8-5-13-22-20(24)17-6-3-4-7-18(17)27(22,25)26/h3-4,6-7,9-12,15H,5,8,13H2,1-2H3,(H,21,23)/t15-/m0/s1. The number of fused-ring (bicyclic) bond motifs is 1. The molecule has 0 unspecified atom stereocenters. The molecule has 0 spiro atoms. The first-order valence-corrected chi connectivity index (χ1v) is 10.3. The fraction of sp³-hybridized carbons (Fsp3) is 0.300. The molecule has 27 heavy (non-hydrogen) atoms. The summed E-state index contributed by atoms with van der Waals surface area (Å²) in [5.41, 5.74) is 2.34. The van der Waals surface area contributed by atoms with Gasteiger partial charge in [-0.1, -0.05) is 42.0 Å². The zero-order valence-corrected chi connectivity index (χ0v) is 16.1. The van der Waals surface area contributed by atoms with E-state index in [1.807, 2.05) is 38.1 Å². The van der Waals surface area contributed by atoms with Gasteiger partial charge in [0.25, 0.3) is 15.9 Å². The molecule has 3 rings (SSSR count). The SMILES string of the molecule is Cc1ccc([C@H](C)NC(=O)CCCN2C(=O)c3ccccc3S2(=O)=O)cc1. The molecule has 1 atom stereocenters. The van der Waals surface area contributed by atoms with Crippen molar-refractivity contribution in [3.8, 4) is 0 Å². The molecule has 2 aromatic rings. The Kier molecular flexibility index (Phi) is 5.32. The molecule has 2 aromatic carbocycles. The first-order chi connectivity index (χ1) is 12.8. The lowest BCUT2D eigenvalue weighted by Gasteiger charge is -2.17. The normalized spacial score (nSPS) is 16.1. The van der Waals surface area contributed by atoms with Crippen LogP contribution >= 0.6 is 0 Å². The van der Waals surface area contributed by atoms with Crippen LogP contribution in [0.3, 0.4) is 0 Å². The third-order valence-corrected chi connectivity index (χ3v) is 6.47. The van der Waals surface area contributed by atoms with E-state index in [2.05, 4.69) is 5.32 Å². The van der Waals surface area contributed by atoms with Crippen LogP contribution in [-0.2, 0) is 14.8 Å². The minimum Gasteiger partial charge on any atom is -0.350 e. The van der Waals surface area contributed by atoms with Crippen LogP contribution in [-0.4, -0.2) is 31.1 Å². The van der Waals surface area contributed by atoms with Crippen LogP contribution in [0, 0.1) is 6.92 Å². The summed E-state index contributed by atoms with van der Waals surface area (Å²) in [7, 11) is -3.81. The molecule has 7 heteroatoms. The van der Waals surface area contributed by atoms with E-state index in [-0.39, 0.29) is 41.8 Å². The lowest BCUT2D eigenvalue weighted by molar-refractivity contribution is -0.121. The number of rotatable bonds is 6. The second-order valence-corrected chi connectivity index (χ2v) is 8.51. The summed E-state index contributed by atoms with van der Waals surface area (Å²) in [6, 6.07) is 13.9. The van der Waals surface area contributed by atoms with E-state index in [0.717, 1.165) is 15.4 Å².